The van der Waals surface area contributed by atoms with Crippen molar-refractivity contribution in [1.29, 1.82) is 0 Å². The monoisotopic (exact) mass is 238 g/mol. The highest BCUT2D eigenvalue weighted by molar-refractivity contribution is 8.13. The Balaban J connectivity index is 2.90. The zero-order valence-electron chi connectivity index (χ0n) is 8.10. The van der Waals surface area contributed by atoms with E-state index in [1.54, 1.807) is 0 Å². The molecular weight excluding hydrogens is 228 g/mol. The molecule has 0 bridgehead atoms. The summed E-state index contributed by atoms with van der Waals surface area (Å²) in [6.45, 7) is 5.65. The predicted molar refractivity (Wildman–Crippen MR) is 51.3 cm³/mol. The van der Waals surface area contributed by atoms with Gasteiger partial charge in [0.15, 0.2) is 5.82 Å². The second-order valence-electron chi connectivity index (χ2n) is 3.85. The molecule has 0 aliphatic rings. The minimum Gasteiger partial charge on any atom is -0.212 e. The van der Waals surface area contributed by atoms with Gasteiger partial charge in [-0.05, 0) is 26.0 Å². The van der Waals surface area contributed by atoms with Crippen LogP contribution in [0, 0.1) is 0 Å². The first-order chi connectivity index (χ1) is 6.18. The molecule has 0 aliphatic heterocycles. The highest BCUT2D eigenvalue weighted by Gasteiger charge is 2.19. The molecule has 1 aromatic rings. The minimum absolute atomic E-state index is 0.106. The SMILES string of the molecule is CC(C)(C)n1nnc(CS(=O)(=O)Cl)n1. The molecule has 0 fully saturated rings. The molecule has 0 aromatic carbocycles. The van der Waals surface area contributed by atoms with E-state index in [0.717, 1.165) is 0 Å². The van der Waals surface area contributed by atoms with Crippen molar-refractivity contribution in [1.82, 2.24) is 20.2 Å². The smallest absolute Gasteiger partial charge is 0.212 e. The zero-order valence-corrected chi connectivity index (χ0v) is 9.67. The van der Waals surface area contributed by atoms with Crippen molar-refractivity contribution in [3.8, 4) is 0 Å². The van der Waals surface area contributed by atoms with E-state index >= 15 is 0 Å². The van der Waals surface area contributed by atoms with Crippen LogP contribution in [-0.2, 0) is 20.3 Å². The summed E-state index contributed by atoms with van der Waals surface area (Å²) < 4.78 is 21.4. The standard InChI is InChI=1S/C6H11ClN4O2S/c1-6(2,3)11-9-5(8-10-11)4-14(7,12)13/h4H2,1-3H3. The van der Waals surface area contributed by atoms with Crippen LogP contribution in [0.25, 0.3) is 0 Å². The van der Waals surface area contributed by atoms with Crippen LogP contribution in [0.4, 0.5) is 0 Å². The molecule has 0 aliphatic carbocycles. The van der Waals surface area contributed by atoms with E-state index in [0.29, 0.717) is 0 Å². The summed E-state index contributed by atoms with van der Waals surface area (Å²) >= 11 is 0. The van der Waals surface area contributed by atoms with Crippen LogP contribution < -0.4 is 0 Å². The molecule has 0 atom stereocenters. The Kier molecular flexibility index (Phi) is 2.82. The Morgan fingerprint density at radius 2 is 2.00 bits per heavy atom. The largest absolute Gasteiger partial charge is 0.240 e. The van der Waals surface area contributed by atoms with Gasteiger partial charge in [0.2, 0.25) is 9.05 Å². The predicted octanol–water partition coefficient (Wildman–Crippen LogP) is 0.497. The fraction of sp³-hybridized carbons (Fsp3) is 0.833. The Morgan fingerprint density at radius 1 is 1.43 bits per heavy atom. The van der Waals surface area contributed by atoms with Crippen LogP contribution in [0.2, 0.25) is 0 Å². The van der Waals surface area contributed by atoms with Crippen molar-refractivity contribution in [3.05, 3.63) is 5.82 Å². The lowest BCUT2D eigenvalue weighted by Crippen LogP contribution is -2.24. The van der Waals surface area contributed by atoms with Crippen LogP contribution in [-0.4, -0.2) is 28.6 Å². The van der Waals surface area contributed by atoms with E-state index in [9.17, 15) is 8.42 Å². The van der Waals surface area contributed by atoms with Crippen molar-refractivity contribution in [2.24, 2.45) is 0 Å². The average molecular weight is 239 g/mol. The van der Waals surface area contributed by atoms with Crippen LogP contribution in [0.15, 0.2) is 0 Å². The van der Waals surface area contributed by atoms with Crippen molar-refractivity contribution < 1.29 is 8.42 Å². The van der Waals surface area contributed by atoms with Crippen molar-refractivity contribution in [3.63, 3.8) is 0 Å². The molecule has 1 heterocycles. The molecule has 0 unspecified atom stereocenters. The van der Waals surface area contributed by atoms with Gasteiger partial charge < -0.3 is 0 Å². The van der Waals surface area contributed by atoms with E-state index in [-0.39, 0.29) is 11.4 Å². The third-order valence-corrected chi connectivity index (χ3v) is 2.29. The number of hydrogen-bond donors (Lipinski definition) is 0. The van der Waals surface area contributed by atoms with Crippen molar-refractivity contribution in [2.75, 3.05) is 0 Å². The van der Waals surface area contributed by atoms with Gasteiger partial charge in [0.25, 0.3) is 0 Å². The maximum absolute atomic E-state index is 10.7. The second-order valence-corrected chi connectivity index (χ2v) is 6.63. The molecule has 0 radical (unpaired) electrons. The number of halogens is 1. The van der Waals surface area contributed by atoms with Gasteiger partial charge in [-0.3, -0.25) is 0 Å². The molecule has 8 heteroatoms. The molecule has 0 saturated heterocycles. The van der Waals surface area contributed by atoms with E-state index in [4.69, 9.17) is 10.7 Å². The Labute approximate surface area is 86.7 Å². The van der Waals surface area contributed by atoms with Crippen molar-refractivity contribution >= 4 is 19.7 Å². The first-order valence-electron chi connectivity index (χ1n) is 3.90. The fourth-order valence-electron chi connectivity index (χ4n) is 0.739. The molecular formula is C6H11ClN4O2S. The Morgan fingerprint density at radius 3 is 2.36 bits per heavy atom. The summed E-state index contributed by atoms with van der Waals surface area (Å²) in [5, 5.41) is 11.2. The third kappa shape index (κ3) is 3.22. The molecule has 0 amide bonds. The fourth-order valence-corrected chi connectivity index (χ4v) is 1.46. The normalized spacial score (nSPS) is 13.1. The molecule has 1 rings (SSSR count). The molecule has 14 heavy (non-hydrogen) atoms. The van der Waals surface area contributed by atoms with E-state index in [1.165, 1.54) is 4.80 Å². The number of hydrogen-bond acceptors (Lipinski definition) is 5. The van der Waals surface area contributed by atoms with Crippen LogP contribution in [0.5, 0.6) is 0 Å². The lowest BCUT2D eigenvalue weighted by Gasteiger charge is -2.15. The van der Waals surface area contributed by atoms with Gasteiger partial charge in [-0.15, -0.1) is 10.2 Å². The molecule has 6 nitrogen and oxygen atoms in total. The van der Waals surface area contributed by atoms with E-state index in [2.05, 4.69) is 15.4 Å². The average Bonchev–Trinajstić information content (AvgIpc) is 2.29. The second kappa shape index (κ2) is 3.47. The summed E-state index contributed by atoms with van der Waals surface area (Å²) in [7, 11) is 1.43. The van der Waals surface area contributed by atoms with Gasteiger partial charge in [0.1, 0.15) is 5.75 Å². The highest BCUT2D eigenvalue weighted by Crippen LogP contribution is 2.10. The number of tetrazole rings is 1. The third-order valence-electron chi connectivity index (χ3n) is 1.36. The van der Waals surface area contributed by atoms with Crippen molar-refractivity contribution in [2.45, 2.75) is 32.1 Å². The van der Waals surface area contributed by atoms with Gasteiger partial charge in [-0.2, -0.15) is 4.80 Å². The summed E-state index contributed by atoms with van der Waals surface area (Å²) in [4.78, 5) is 1.35. The summed E-state index contributed by atoms with van der Waals surface area (Å²) in [5.41, 5.74) is -0.318. The topological polar surface area (TPSA) is 77.7 Å². The first kappa shape index (κ1) is 11.4. The number of nitrogens with zero attached hydrogens (tertiary/aromatic N) is 4. The zero-order chi connectivity index (χ0) is 11.0. The summed E-state index contributed by atoms with van der Waals surface area (Å²) in [6.07, 6.45) is 0. The highest BCUT2D eigenvalue weighted by atomic mass is 35.7. The lowest BCUT2D eigenvalue weighted by atomic mass is 10.1. The summed E-state index contributed by atoms with van der Waals surface area (Å²) in [5.74, 6) is -0.292. The van der Waals surface area contributed by atoms with Gasteiger partial charge in [0, 0.05) is 10.7 Å². The molecule has 0 N–H and O–H groups in total. The van der Waals surface area contributed by atoms with Crippen LogP contribution in [0.1, 0.15) is 26.6 Å². The Bertz CT molecular complexity index is 419. The first-order valence-corrected chi connectivity index (χ1v) is 6.38. The van der Waals surface area contributed by atoms with E-state index < -0.39 is 14.8 Å². The quantitative estimate of drug-likeness (QED) is 0.701. The van der Waals surface area contributed by atoms with Gasteiger partial charge in [0.05, 0.1) is 5.54 Å². The lowest BCUT2D eigenvalue weighted by molar-refractivity contribution is 0.305. The van der Waals surface area contributed by atoms with Gasteiger partial charge in [-0.1, -0.05) is 0 Å². The minimum atomic E-state index is -3.62. The molecule has 1 aromatic heterocycles. The maximum atomic E-state index is 10.7. The number of aromatic nitrogens is 4. The van der Waals surface area contributed by atoms with Gasteiger partial charge in [-0.25, -0.2) is 8.42 Å². The molecule has 80 valence electrons. The number of rotatable bonds is 2. The Hall–Kier alpha value is -0.690. The van der Waals surface area contributed by atoms with E-state index in [1.807, 2.05) is 20.8 Å². The maximum Gasteiger partial charge on any atom is 0.240 e. The summed E-state index contributed by atoms with van der Waals surface area (Å²) in [6, 6.07) is 0. The molecule has 0 spiro atoms. The van der Waals surface area contributed by atoms with Gasteiger partial charge >= 0.3 is 0 Å². The van der Waals surface area contributed by atoms with Crippen LogP contribution >= 0.6 is 10.7 Å². The van der Waals surface area contributed by atoms with Crippen LogP contribution in [0.3, 0.4) is 0 Å². The molecule has 0 saturated carbocycles.